The Morgan fingerprint density at radius 1 is 1.40 bits per heavy atom. The third-order valence-corrected chi connectivity index (χ3v) is 5.46. The molecule has 1 aliphatic carbocycles. The SMILES string of the molecule is CC1CCc2c(sc3c2c2ncnn2c2nncn32)C1. The summed E-state index contributed by atoms with van der Waals surface area (Å²) in [6, 6.07) is 0. The lowest BCUT2D eigenvalue weighted by atomic mass is 9.89. The highest BCUT2D eigenvalue weighted by Crippen LogP contribution is 2.39. The van der Waals surface area contributed by atoms with Crippen molar-refractivity contribution in [1.29, 1.82) is 0 Å². The first-order valence-electron chi connectivity index (χ1n) is 6.78. The van der Waals surface area contributed by atoms with E-state index < -0.39 is 0 Å². The van der Waals surface area contributed by atoms with Gasteiger partial charge in [0, 0.05) is 4.88 Å². The van der Waals surface area contributed by atoms with Crippen molar-refractivity contribution in [3.63, 3.8) is 0 Å². The first-order valence-corrected chi connectivity index (χ1v) is 7.60. The third kappa shape index (κ3) is 1.19. The fourth-order valence-corrected chi connectivity index (χ4v) is 4.68. The van der Waals surface area contributed by atoms with Crippen LogP contribution in [0.2, 0.25) is 0 Å². The number of aryl methyl sites for hydroxylation is 1. The Bertz CT molecular complexity index is 962. The van der Waals surface area contributed by atoms with E-state index in [2.05, 4.69) is 27.2 Å². The Kier molecular flexibility index (Phi) is 1.90. The standard InChI is InChI=1S/C13H12N6S/c1-7-2-3-8-9(4-7)20-12-10(8)11-14-5-16-19(11)13-17-15-6-18(12)13/h5-7H,2-4H2,1H3. The van der Waals surface area contributed by atoms with E-state index in [4.69, 9.17) is 0 Å². The largest absolute Gasteiger partial charge is 0.259 e. The molecule has 0 saturated carbocycles. The lowest BCUT2D eigenvalue weighted by molar-refractivity contribution is 0.509. The fraction of sp³-hybridized carbons (Fsp3) is 0.385. The molecule has 0 bridgehead atoms. The molecule has 0 N–H and O–H groups in total. The van der Waals surface area contributed by atoms with Gasteiger partial charge in [-0.25, -0.2) is 4.98 Å². The predicted octanol–water partition coefficient (Wildman–Crippen LogP) is 2.11. The Hall–Kier alpha value is -2.02. The summed E-state index contributed by atoms with van der Waals surface area (Å²) < 4.78 is 3.82. The molecular formula is C13H12N6S. The van der Waals surface area contributed by atoms with Crippen molar-refractivity contribution in [2.24, 2.45) is 5.92 Å². The topological polar surface area (TPSA) is 60.4 Å². The van der Waals surface area contributed by atoms with E-state index >= 15 is 0 Å². The van der Waals surface area contributed by atoms with Crippen molar-refractivity contribution in [3.05, 3.63) is 23.1 Å². The average Bonchev–Trinajstić information content (AvgIpc) is 3.14. The third-order valence-electron chi connectivity index (χ3n) is 4.20. The average molecular weight is 284 g/mol. The number of rotatable bonds is 0. The van der Waals surface area contributed by atoms with Crippen LogP contribution in [-0.2, 0) is 12.8 Å². The van der Waals surface area contributed by atoms with Crippen LogP contribution in [0.25, 0.3) is 21.6 Å². The van der Waals surface area contributed by atoms with Crippen molar-refractivity contribution in [2.75, 3.05) is 0 Å². The minimum absolute atomic E-state index is 0.733. The summed E-state index contributed by atoms with van der Waals surface area (Å²) in [5.41, 5.74) is 2.37. The van der Waals surface area contributed by atoms with Gasteiger partial charge in [0.15, 0.2) is 5.65 Å². The van der Waals surface area contributed by atoms with Crippen LogP contribution < -0.4 is 0 Å². The molecule has 0 amide bonds. The maximum Gasteiger partial charge on any atom is 0.259 e. The van der Waals surface area contributed by atoms with E-state index in [1.54, 1.807) is 17.2 Å². The van der Waals surface area contributed by atoms with Crippen molar-refractivity contribution in [3.8, 4) is 0 Å². The van der Waals surface area contributed by atoms with Crippen LogP contribution in [0.5, 0.6) is 0 Å². The second kappa shape index (κ2) is 3.54. The van der Waals surface area contributed by atoms with Crippen LogP contribution in [0.15, 0.2) is 12.7 Å². The summed E-state index contributed by atoms with van der Waals surface area (Å²) in [4.78, 5) is 7.14. The van der Waals surface area contributed by atoms with Gasteiger partial charge in [-0.2, -0.15) is 9.61 Å². The van der Waals surface area contributed by atoms with Crippen molar-refractivity contribution >= 4 is 33.0 Å². The molecule has 1 atom stereocenters. The molecular weight excluding hydrogens is 272 g/mol. The number of fused-ring (bicyclic) bond motifs is 8. The van der Waals surface area contributed by atoms with E-state index in [-0.39, 0.29) is 0 Å². The molecule has 4 aromatic rings. The van der Waals surface area contributed by atoms with Crippen LogP contribution in [0.1, 0.15) is 23.8 Å². The van der Waals surface area contributed by atoms with Gasteiger partial charge in [-0.15, -0.1) is 21.5 Å². The van der Waals surface area contributed by atoms with Gasteiger partial charge in [0.25, 0.3) is 5.78 Å². The number of aromatic nitrogens is 6. The molecule has 0 saturated heterocycles. The molecule has 20 heavy (non-hydrogen) atoms. The molecule has 6 nitrogen and oxygen atoms in total. The molecule has 100 valence electrons. The maximum atomic E-state index is 4.45. The molecule has 7 heteroatoms. The van der Waals surface area contributed by atoms with E-state index in [1.807, 2.05) is 15.7 Å². The van der Waals surface area contributed by atoms with Crippen molar-refractivity contribution in [2.45, 2.75) is 26.2 Å². The quantitative estimate of drug-likeness (QED) is 0.496. The lowest BCUT2D eigenvalue weighted by Gasteiger charge is -2.17. The highest BCUT2D eigenvalue weighted by molar-refractivity contribution is 7.19. The smallest absolute Gasteiger partial charge is 0.256 e. The highest BCUT2D eigenvalue weighted by Gasteiger charge is 2.24. The fourth-order valence-electron chi connectivity index (χ4n) is 3.21. The van der Waals surface area contributed by atoms with Gasteiger partial charge >= 0.3 is 0 Å². The molecule has 0 spiro atoms. The molecule has 0 aliphatic heterocycles. The number of nitrogens with zero attached hydrogens (tertiary/aromatic N) is 6. The Morgan fingerprint density at radius 3 is 3.30 bits per heavy atom. The Balaban J connectivity index is 2.05. The summed E-state index contributed by atoms with van der Waals surface area (Å²) in [6.07, 6.45) is 6.91. The molecule has 0 fully saturated rings. The Morgan fingerprint density at radius 2 is 2.35 bits per heavy atom. The second-order valence-electron chi connectivity index (χ2n) is 5.53. The molecule has 0 aromatic carbocycles. The molecule has 1 aliphatic rings. The van der Waals surface area contributed by atoms with Crippen LogP contribution in [-0.4, -0.2) is 29.2 Å². The molecule has 1 unspecified atom stereocenters. The minimum atomic E-state index is 0.733. The normalized spacial score (nSPS) is 19.1. The van der Waals surface area contributed by atoms with E-state index in [9.17, 15) is 0 Å². The van der Waals surface area contributed by atoms with Gasteiger partial charge in [0.2, 0.25) is 0 Å². The van der Waals surface area contributed by atoms with Crippen LogP contribution in [0.3, 0.4) is 0 Å². The summed E-state index contributed by atoms with van der Waals surface area (Å²) in [6.45, 7) is 2.33. The van der Waals surface area contributed by atoms with Crippen molar-refractivity contribution < 1.29 is 0 Å². The summed E-state index contributed by atoms with van der Waals surface area (Å²) in [5, 5.41) is 13.7. The number of hydrogen-bond acceptors (Lipinski definition) is 5. The lowest BCUT2D eigenvalue weighted by Crippen LogP contribution is -2.08. The Labute approximate surface area is 118 Å². The summed E-state index contributed by atoms with van der Waals surface area (Å²) in [5.74, 6) is 1.50. The zero-order valence-electron chi connectivity index (χ0n) is 10.9. The van der Waals surface area contributed by atoms with Gasteiger partial charge in [0.1, 0.15) is 17.5 Å². The zero-order chi connectivity index (χ0) is 13.3. The molecule has 5 rings (SSSR count). The van der Waals surface area contributed by atoms with Crippen molar-refractivity contribution in [1.82, 2.24) is 29.2 Å². The van der Waals surface area contributed by atoms with E-state index in [0.29, 0.717) is 0 Å². The van der Waals surface area contributed by atoms with Crippen LogP contribution in [0, 0.1) is 5.92 Å². The summed E-state index contributed by atoms with van der Waals surface area (Å²) >= 11 is 1.86. The molecule has 0 radical (unpaired) electrons. The van der Waals surface area contributed by atoms with Gasteiger partial charge in [0.05, 0.1) is 5.39 Å². The summed E-state index contributed by atoms with van der Waals surface area (Å²) in [7, 11) is 0. The van der Waals surface area contributed by atoms with Gasteiger partial charge in [-0.05, 0) is 30.7 Å². The van der Waals surface area contributed by atoms with Crippen LogP contribution >= 0.6 is 11.3 Å². The van der Waals surface area contributed by atoms with Gasteiger partial charge in [-0.3, -0.25) is 4.40 Å². The van der Waals surface area contributed by atoms with Gasteiger partial charge < -0.3 is 0 Å². The zero-order valence-corrected chi connectivity index (χ0v) is 11.8. The second-order valence-corrected chi connectivity index (χ2v) is 6.61. The first-order chi connectivity index (χ1) is 9.83. The first kappa shape index (κ1) is 10.7. The predicted molar refractivity (Wildman–Crippen MR) is 76.1 cm³/mol. The van der Waals surface area contributed by atoms with Gasteiger partial charge in [-0.1, -0.05) is 6.92 Å². The number of hydrogen-bond donors (Lipinski definition) is 0. The highest BCUT2D eigenvalue weighted by atomic mass is 32.1. The van der Waals surface area contributed by atoms with E-state index in [1.165, 1.54) is 33.5 Å². The molecule has 4 aromatic heterocycles. The van der Waals surface area contributed by atoms with E-state index in [0.717, 1.165) is 23.8 Å². The monoisotopic (exact) mass is 284 g/mol. The number of thiophene rings is 1. The minimum Gasteiger partial charge on any atom is -0.256 e. The van der Waals surface area contributed by atoms with Crippen LogP contribution in [0.4, 0.5) is 0 Å². The maximum absolute atomic E-state index is 4.45. The molecule has 4 heterocycles.